The normalized spacial score (nSPS) is 12.4. The third kappa shape index (κ3) is 3.12. The van der Waals surface area contributed by atoms with E-state index >= 15 is 0 Å². The summed E-state index contributed by atoms with van der Waals surface area (Å²) in [6.45, 7) is 0. The SMILES string of the molecule is CS(C)(=O)=NS(=O)(=O)c1ccccc1. The minimum Gasteiger partial charge on any atom is -0.249 e. The third-order valence-corrected chi connectivity index (χ3v) is 4.41. The number of benzene rings is 1. The van der Waals surface area contributed by atoms with Gasteiger partial charge in [-0.05, 0) is 12.1 Å². The molecule has 0 aromatic heterocycles. The summed E-state index contributed by atoms with van der Waals surface area (Å²) in [7, 11) is -6.41. The molecule has 0 atom stereocenters. The molecule has 1 aromatic carbocycles. The van der Waals surface area contributed by atoms with Gasteiger partial charge in [-0.1, -0.05) is 18.2 Å². The molecular formula is C8H11NO3S2. The van der Waals surface area contributed by atoms with Crippen LogP contribution >= 0.6 is 0 Å². The molecule has 0 saturated heterocycles. The Morgan fingerprint density at radius 3 is 1.93 bits per heavy atom. The molecule has 0 spiro atoms. The molecule has 0 saturated carbocycles. The highest BCUT2D eigenvalue weighted by atomic mass is 32.3. The highest BCUT2D eigenvalue weighted by Crippen LogP contribution is 2.12. The van der Waals surface area contributed by atoms with Gasteiger partial charge in [-0.15, -0.1) is 3.77 Å². The first-order valence-corrected chi connectivity index (χ1v) is 7.57. The number of sulfonamides is 1. The largest absolute Gasteiger partial charge is 0.290 e. The van der Waals surface area contributed by atoms with Crippen LogP contribution in [0.25, 0.3) is 0 Å². The molecule has 0 aliphatic rings. The van der Waals surface area contributed by atoms with E-state index in [-0.39, 0.29) is 4.90 Å². The average molecular weight is 233 g/mol. The van der Waals surface area contributed by atoms with E-state index in [0.29, 0.717) is 0 Å². The van der Waals surface area contributed by atoms with Gasteiger partial charge in [-0.3, -0.25) is 0 Å². The zero-order chi connectivity index (χ0) is 10.8. The fraction of sp³-hybridized carbons (Fsp3) is 0.250. The van der Waals surface area contributed by atoms with Crippen LogP contribution in [0.4, 0.5) is 0 Å². The second kappa shape index (κ2) is 3.70. The summed E-state index contributed by atoms with van der Waals surface area (Å²) in [4.78, 5) is 0.0661. The zero-order valence-electron chi connectivity index (χ0n) is 7.88. The number of hydrogen-bond acceptors (Lipinski definition) is 3. The van der Waals surface area contributed by atoms with Crippen LogP contribution in [0.15, 0.2) is 39.0 Å². The second-order valence-electron chi connectivity index (χ2n) is 3.04. The van der Waals surface area contributed by atoms with Crippen molar-refractivity contribution in [3.63, 3.8) is 0 Å². The molecule has 1 rings (SSSR count). The van der Waals surface area contributed by atoms with Crippen molar-refractivity contribution >= 4 is 19.8 Å². The summed E-state index contributed by atoms with van der Waals surface area (Å²) in [6.07, 6.45) is 2.57. The molecule has 0 heterocycles. The van der Waals surface area contributed by atoms with Crippen molar-refractivity contribution in [3.8, 4) is 0 Å². The first kappa shape index (κ1) is 11.2. The van der Waals surface area contributed by atoms with Crippen molar-refractivity contribution < 1.29 is 12.6 Å². The Morgan fingerprint density at radius 1 is 1.00 bits per heavy atom. The van der Waals surface area contributed by atoms with Gasteiger partial charge in [-0.25, -0.2) is 4.21 Å². The van der Waals surface area contributed by atoms with Crippen LogP contribution in [0.1, 0.15) is 0 Å². The molecular weight excluding hydrogens is 222 g/mol. The van der Waals surface area contributed by atoms with Gasteiger partial charge in [0.05, 0.1) is 14.6 Å². The van der Waals surface area contributed by atoms with Gasteiger partial charge in [-0.2, -0.15) is 8.42 Å². The first-order valence-electron chi connectivity index (χ1n) is 3.80. The maximum Gasteiger partial charge on any atom is 0.290 e. The van der Waals surface area contributed by atoms with Crippen LogP contribution in [0, 0.1) is 0 Å². The molecule has 1 aromatic rings. The van der Waals surface area contributed by atoms with Crippen LogP contribution in [-0.2, 0) is 19.8 Å². The summed E-state index contributed by atoms with van der Waals surface area (Å²) in [6, 6.07) is 7.73. The lowest BCUT2D eigenvalue weighted by Crippen LogP contribution is -2.01. The topological polar surface area (TPSA) is 63.6 Å². The maximum atomic E-state index is 11.5. The van der Waals surface area contributed by atoms with E-state index in [1.54, 1.807) is 18.2 Å². The van der Waals surface area contributed by atoms with Crippen LogP contribution in [-0.4, -0.2) is 25.1 Å². The Kier molecular flexibility index (Phi) is 2.96. The highest BCUT2D eigenvalue weighted by molar-refractivity contribution is 8.02. The molecule has 0 fully saturated rings. The van der Waals surface area contributed by atoms with E-state index in [4.69, 9.17) is 0 Å². The van der Waals surface area contributed by atoms with Crippen LogP contribution < -0.4 is 0 Å². The monoisotopic (exact) mass is 233 g/mol. The smallest absolute Gasteiger partial charge is 0.249 e. The Morgan fingerprint density at radius 2 is 1.50 bits per heavy atom. The molecule has 0 radical (unpaired) electrons. The molecule has 6 heteroatoms. The van der Waals surface area contributed by atoms with Crippen LogP contribution in [0.2, 0.25) is 0 Å². The van der Waals surface area contributed by atoms with E-state index in [2.05, 4.69) is 3.77 Å². The first-order chi connectivity index (χ1) is 6.31. The van der Waals surface area contributed by atoms with Crippen molar-refractivity contribution in [2.45, 2.75) is 4.90 Å². The number of rotatable bonds is 2. The Balaban J connectivity index is 3.33. The van der Waals surface area contributed by atoms with E-state index in [1.807, 2.05) is 0 Å². The van der Waals surface area contributed by atoms with Crippen molar-refractivity contribution in [1.82, 2.24) is 0 Å². The van der Waals surface area contributed by atoms with Gasteiger partial charge in [0.2, 0.25) is 0 Å². The predicted octanol–water partition coefficient (Wildman–Crippen LogP) is 1.10. The standard InChI is InChI=1S/C8H11NO3S2/c1-13(2,10)9-14(11,12)8-6-4-3-5-7-8/h3-7H,1-2H3. The van der Waals surface area contributed by atoms with Gasteiger partial charge in [0.15, 0.2) is 0 Å². The van der Waals surface area contributed by atoms with Crippen molar-refractivity contribution in [2.75, 3.05) is 12.5 Å². The quantitative estimate of drug-likeness (QED) is 0.768. The molecule has 0 N–H and O–H groups in total. The summed E-state index contributed by atoms with van der Waals surface area (Å²) >= 11 is 0. The summed E-state index contributed by atoms with van der Waals surface area (Å²) in [5.74, 6) is 0. The maximum absolute atomic E-state index is 11.5. The molecule has 4 nitrogen and oxygen atoms in total. The predicted molar refractivity (Wildman–Crippen MR) is 56.0 cm³/mol. The van der Waals surface area contributed by atoms with Crippen molar-refractivity contribution in [2.24, 2.45) is 3.77 Å². The van der Waals surface area contributed by atoms with Gasteiger partial charge < -0.3 is 0 Å². The zero-order valence-corrected chi connectivity index (χ0v) is 9.51. The van der Waals surface area contributed by atoms with Crippen molar-refractivity contribution in [3.05, 3.63) is 30.3 Å². The fourth-order valence-corrected chi connectivity index (χ4v) is 3.61. The van der Waals surface area contributed by atoms with Gasteiger partial charge >= 0.3 is 0 Å². The molecule has 0 amide bonds. The Bertz CT molecular complexity index is 517. The number of nitrogens with zero attached hydrogens (tertiary/aromatic N) is 1. The minimum atomic E-state index is -3.77. The highest BCUT2D eigenvalue weighted by Gasteiger charge is 2.12. The summed E-state index contributed by atoms with van der Waals surface area (Å²) in [5, 5.41) is 0. The van der Waals surface area contributed by atoms with Crippen LogP contribution in [0.5, 0.6) is 0 Å². The number of hydrogen-bond donors (Lipinski definition) is 0. The molecule has 78 valence electrons. The lowest BCUT2D eigenvalue weighted by Gasteiger charge is -1.98. The van der Waals surface area contributed by atoms with E-state index in [1.165, 1.54) is 24.6 Å². The van der Waals surface area contributed by atoms with E-state index in [0.717, 1.165) is 0 Å². The Hall–Kier alpha value is -0.880. The second-order valence-corrected chi connectivity index (χ2v) is 7.42. The fourth-order valence-electron chi connectivity index (χ4n) is 0.872. The average Bonchev–Trinajstić information content (AvgIpc) is 2.01. The molecule has 0 aliphatic heterocycles. The molecule has 14 heavy (non-hydrogen) atoms. The summed E-state index contributed by atoms with van der Waals surface area (Å²) in [5.41, 5.74) is 0. The molecule has 0 aliphatic carbocycles. The molecule has 0 unspecified atom stereocenters. The Labute approximate surface area is 84.2 Å². The van der Waals surface area contributed by atoms with E-state index in [9.17, 15) is 12.6 Å². The van der Waals surface area contributed by atoms with Gasteiger partial charge in [0.1, 0.15) is 0 Å². The van der Waals surface area contributed by atoms with Crippen molar-refractivity contribution in [1.29, 1.82) is 0 Å². The van der Waals surface area contributed by atoms with Crippen LogP contribution in [0.3, 0.4) is 0 Å². The van der Waals surface area contributed by atoms with E-state index < -0.39 is 19.8 Å². The van der Waals surface area contributed by atoms with Gasteiger partial charge in [0, 0.05) is 12.5 Å². The lowest BCUT2D eigenvalue weighted by atomic mass is 10.4. The molecule has 0 bridgehead atoms. The summed E-state index contributed by atoms with van der Waals surface area (Å²) < 4.78 is 37.5. The van der Waals surface area contributed by atoms with Gasteiger partial charge in [0.25, 0.3) is 10.0 Å². The third-order valence-electron chi connectivity index (χ3n) is 1.32. The lowest BCUT2D eigenvalue weighted by molar-refractivity contribution is 0.598. The minimum absolute atomic E-state index is 0.0661.